The average Bonchev–Trinajstić information content (AvgIpc) is 2.87. The van der Waals surface area contributed by atoms with Gasteiger partial charge in [0.1, 0.15) is 29.5 Å². The maximum atomic E-state index is 12.1. The van der Waals surface area contributed by atoms with Gasteiger partial charge in [0.25, 0.3) is 5.91 Å². The van der Waals surface area contributed by atoms with Crippen LogP contribution in [0.3, 0.4) is 0 Å². The van der Waals surface area contributed by atoms with Crippen LogP contribution in [-0.4, -0.2) is 30.7 Å². The molecule has 0 saturated heterocycles. The summed E-state index contributed by atoms with van der Waals surface area (Å²) in [5.41, 5.74) is 6.93. The molecular weight excluding hydrogens is 296 g/mol. The maximum Gasteiger partial charge on any atom is 0.268 e. The number of carbonyl (C=O) groups excluding carboxylic acids is 2. The number of nitrogens with two attached hydrogens (primary N) is 1. The van der Waals surface area contributed by atoms with Gasteiger partial charge in [0.05, 0.1) is 6.54 Å². The minimum absolute atomic E-state index is 0.0742. The normalized spacial score (nSPS) is 11.5. The standard InChI is InChI=1S/C16H16N4O3/c1-10-7-11-8-12(3-4-14(11)23-10)19-15(18)13(9-17)16(22)20(2)5-6-21/h3-4,6-8,19H,5,18H2,1-2H3/b15-13+. The number of likely N-dealkylation sites (N-methyl/N-ethyl adjacent to an activating group) is 1. The second kappa shape index (κ2) is 6.66. The smallest absolute Gasteiger partial charge is 0.268 e. The first-order chi connectivity index (χ1) is 11.0. The molecule has 3 N–H and O–H groups in total. The fourth-order valence-electron chi connectivity index (χ4n) is 2.08. The fourth-order valence-corrected chi connectivity index (χ4v) is 2.08. The Hall–Kier alpha value is -3.27. The number of rotatable bonds is 5. The highest BCUT2D eigenvalue weighted by molar-refractivity contribution is 5.99. The maximum absolute atomic E-state index is 12.1. The van der Waals surface area contributed by atoms with E-state index in [-0.39, 0.29) is 17.9 Å². The summed E-state index contributed by atoms with van der Waals surface area (Å²) in [6.45, 7) is 1.73. The molecule has 2 rings (SSSR count). The summed E-state index contributed by atoms with van der Waals surface area (Å²) in [6.07, 6.45) is 0.575. The summed E-state index contributed by atoms with van der Waals surface area (Å²) < 4.78 is 5.48. The van der Waals surface area contributed by atoms with Crippen molar-refractivity contribution < 1.29 is 14.0 Å². The number of fused-ring (bicyclic) bond motifs is 1. The van der Waals surface area contributed by atoms with Crippen LogP contribution in [0.4, 0.5) is 5.69 Å². The highest BCUT2D eigenvalue weighted by Crippen LogP contribution is 2.23. The van der Waals surface area contributed by atoms with Gasteiger partial charge in [-0.1, -0.05) is 0 Å². The number of anilines is 1. The molecule has 7 heteroatoms. The zero-order valence-corrected chi connectivity index (χ0v) is 12.8. The zero-order valence-electron chi connectivity index (χ0n) is 12.8. The first-order valence-corrected chi connectivity index (χ1v) is 6.82. The largest absolute Gasteiger partial charge is 0.461 e. The summed E-state index contributed by atoms with van der Waals surface area (Å²) >= 11 is 0. The van der Waals surface area contributed by atoms with Crippen molar-refractivity contribution in [2.45, 2.75) is 6.92 Å². The molecule has 1 aromatic heterocycles. The van der Waals surface area contributed by atoms with Crippen LogP contribution in [0.5, 0.6) is 0 Å². The molecule has 0 saturated carbocycles. The van der Waals surface area contributed by atoms with Crippen molar-refractivity contribution in [2.75, 3.05) is 18.9 Å². The third kappa shape index (κ3) is 3.49. The molecule has 0 unspecified atom stereocenters. The van der Waals surface area contributed by atoms with Gasteiger partial charge >= 0.3 is 0 Å². The summed E-state index contributed by atoms with van der Waals surface area (Å²) in [4.78, 5) is 23.6. The summed E-state index contributed by atoms with van der Waals surface area (Å²) in [5, 5.41) is 12.9. The van der Waals surface area contributed by atoms with E-state index in [0.29, 0.717) is 12.0 Å². The summed E-state index contributed by atoms with van der Waals surface area (Å²) in [7, 11) is 1.42. The Morgan fingerprint density at radius 2 is 2.22 bits per heavy atom. The van der Waals surface area contributed by atoms with E-state index in [1.165, 1.54) is 7.05 Å². The van der Waals surface area contributed by atoms with E-state index in [1.54, 1.807) is 24.3 Å². The van der Waals surface area contributed by atoms with E-state index >= 15 is 0 Å². The number of amides is 1. The molecule has 0 bridgehead atoms. The Morgan fingerprint density at radius 1 is 1.48 bits per heavy atom. The van der Waals surface area contributed by atoms with Crippen LogP contribution in [0.1, 0.15) is 5.76 Å². The lowest BCUT2D eigenvalue weighted by Gasteiger charge is -2.15. The number of nitriles is 1. The third-order valence-electron chi connectivity index (χ3n) is 3.21. The Bertz CT molecular complexity index is 829. The predicted molar refractivity (Wildman–Crippen MR) is 85.1 cm³/mol. The Kier molecular flexibility index (Phi) is 4.66. The lowest BCUT2D eigenvalue weighted by Crippen LogP contribution is -2.31. The Morgan fingerprint density at radius 3 is 2.87 bits per heavy atom. The number of benzene rings is 1. The lowest BCUT2D eigenvalue weighted by atomic mass is 10.2. The summed E-state index contributed by atoms with van der Waals surface area (Å²) in [5.74, 6) is 0.0868. The molecule has 118 valence electrons. The molecule has 1 aromatic carbocycles. The first-order valence-electron chi connectivity index (χ1n) is 6.82. The van der Waals surface area contributed by atoms with Crippen LogP contribution < -0.4 is 11.1 Å². The molecule has 1 heterocycles. The van der Waals surface area contributed by atoms with E-state index in [1.807, 2.05) is 13.0 Å². The molecule has 0 aliphatic heterocycles. The molecule has 1 amide bonds. The number of hydrogen-bond donors (Lipinski definition) is 2. The number of hydrogen-bond acceptors (Lipinski definition) is 6. The highest BCUT2D eigenvalue weighted by atomic mass is 16.3. The van der Waals surface area contributed by atoms with Crippen molar-refractivity contribution in [2.24, 2.45) is 5.73 Å². The van der Waals surface area contributed by atoms with Crippen LogP contribution in [0.2, 0.25) is 0 Å². The monoisotopic (exact) mass is 312 g/mol. The van der Waals surface area contributed by atoms with Gasteiger partial charge in [-0.15, -0.1) is 0 Å². The van der Waals surface area contributed by atoms with E-state index in [9.17, 15) is 9.59 Å². The molecule has 0 radical (unpaired) electrons. The highest BCUT2D eigenvalue weighted by Gasteiger charge is 2.18. The first kappa shape index (κ1) is 16.1. The topological polar surface area (TPSA) is 112 Å². The molecule has 2 aromatic rings. The number of aryl methyl sites for hydroxylation is 1. The van der Waals surface area contributed by atoms with Crippen molar-refractivity contribution in [3.63, 3.8) is 0 Å². The second-order valence-corrected chi connectivity index (χ2v) is 4.99. The molecule has 0 spiro atoms. The van der Waals surface area contributed by atoms with Crippen molar-refractivity contribution >= 4 is 28.8 Å². The van der Waals surface area contributed by atoms with Gasteiger partial charge in [-0.3, -0.25) is 4.79 Å². The van der Waals surface area contributed by atoms with Crippen LogP contribution in [0.15, 0.2) is 40.1 Å². The number of furan rings is 1. The minimum atomic E-state index is -0.621. The van der Waals surface area contributed by atoms with E-state index in [4.69, 9.17) is 15.4 Å². The Labute approximate surface area is 133 Å². The van der Waals surface area contributed by atoms with Gasteiger partial charge in [-0.05, 0) is 31.2 Å². The van der Waals surface area contributed by atoms with E-state index < -0.39 is 5.91 Å². The average molecular weight is 312 g/mol. The van der Waals surface area contributed by atoms with E-state index in [0.717, 1.165) is 21.6 Å². The van der Waals surface area contributed by atoms with Crippen molar-refractivity contribution in [3.8, 4) is 6.07 Å². The lowest BCUT2D eigenvalue weighted by molar-refractivity contribution is -0.127. The number of nitrogens with zero attached hydrogens (tertiary/aromatic N) is 2. The molecule has 23 heavy (non-hydrogen) atoms. The van der Waals surface area contributed by atoms with Gasteiger partial charge < -0.3 is 25.2 Å². The molecule has 0 aliphatic carbocycles. The zero-order chi connectivity index (χ0) is 17.0. The third-order valence-corrected chi connectivity index (χ3v) is 3.21. The van der Waals surface area contributed by atoms with Crippen molar-refractivity contribution in [1.29, 1.82) is 5.26 Å². The predicted octanol–water partition coefficient (Wildman–Crippen LogP) is 1.50. The number of carbonyl (C=O) groups is 2. The molecule has 0 fully saturated rings. The van der Waals surface area contributed by atoms with Crippen LogP contribution >= 0.6 is 0 Å². The van der Waals surface area contributed by atoms with Crippen molar-refractivity contribution in [1.82, 2.24) is 4.90 Å². The van der Waals surface area contributed by atoms with Crippen LogP contribution in [0, 0.1) is 18.3 Å². The van der Waals surface area contributed by atoms with E-state index in [2.05, 4.69) is 5.32 Å². The fraction of sp³-hybridized carbons (Fsp3) is 0.188. The molecule has 7 nitrogen and oxygen atoms in total. The molecular formula is C16H16N4O3. The van der Waals surface area contributed by atoms with Crippen molar-refractivity contribution in [3.05, 3.63) is 41.4 Å². The molecule has 0 atom stereocenters. The van der Waals surface area contributed by atoms with Crippen LogP contribution in [-0.2, 0) is 9.59 Å². The minimum Gasteiger partial charge on any atom is -0.461 e. The molecule has 0 aliphatic rings. The van der Waals surface area contributed by atoms with Gasteiger partial charge in [0, 0.05) is 18.1 Å². The van der Waals surface area contributed by atoms with Gasteiger partial charge in [-0.25, -0.2) is 0 Å². The number of aldehydes is 1. The van der Waals surface area contributed by atoms with Gasteiger partial charge in [-0.2, -0.15) is 5.26 Å². The van der Waals surface area contributed by atoms with Crippen LogP contribution in [0.25, 0.3) is 11.0 Å². The SMILES string of the molecule is Cc1cc2cc(N/C(N)=C(\C#N)C(=O)N(C)CC=O)ccc2o1. The second-order valence-electron chi connectivity index (χ2n) is 4.99. The van der Waals surface area contributed by atoms with Gasteiger partial charge in [0.15, 0.2) is 5.57 Å². The quantitative estimate of drug-likeness (QED) is 0.491. The summed E-state index contributed by atoms with van der Waals surface area (Å²) in [6, 6.07) is 8.93. The Balaban J connectivity index is 2.28. The number of nitrogens with one attached hydrogen (secondary N) is 1. The van der Waals surface area contributed by atoms with Gasteiger partial charge in [0.2, 0.25) is 0 Å².